The molecule has 2 N–H and O–H groups in total. The van der Waals surface area contributed by atoms with Crippen LogP contribution in [0.2, 0.25) is 10.0 Å². The molecule has 114 valence electrons. The largest absolute Gasteiger partial charge is 0.333 e. The summed E-state index contributed by atoms with van der Waals surface area (Å²) in [5, 5.41) is 6.55. The molecule has 1 fully saturated rings. The standard InChI is InChI=1S/C14H17Cl2N3O2/c1-9-7-11(16)12(8-10(9)15)18-13(20)14(21)19-5-2-3-17-4-6-19/h7-8,17H,2-6H2,1H3,(H,18,20). The van der Waals surface area contributed by atoms with Gasteiger partial charge in [-0.05, 0) is 37.6 Å². The van der Waals surface area contributed by atoms with E-state index >= 15 is 0 Å². The minimum atomic E-state index is -0.696. The second-order valence-electron chi connectivity index (χ2n) is 4.93. The average molecular weight is 330 g/mol. The summed E-state index contributed by atoms with van der Waals surface area (Å²) in [7, 11) is 0. The molecular formula is C14H17Cl2N3O2. The van der Waals surface area contributed by atoms with Crippen LogP contribution in [0.1, 0.15) is 12.0 Å². The lowest BCUT2D eigenvalue weighted by Gasteiger charge is -2.19. The molecule has 1 saturated heterocycles. The molecule has 0 saturated carbocycles. The first-order valence-corrected chi connectivity index (χ1v) is 7.51. The molecule has 0 atom stereocenters. The first-order chi connectivity index (χ1) is 9.99. The number of hydrogen-bond donors (Lipinski definition) is 2. The maximum Gasteiger partial charge on any atom is 0.313 e. The van der Waals surface area contributed by atoms with Gasteiger partial charge in [-0.1, -0.05) is 23.2 Å². The lowest BCUT2D eigenvalue weighted by atomic mass is 10.2. The Morgan fingerprint density at radius 1 is 1.19 bits per heavy atom. The van der Waals surface area contributed by atoms with Crippen molar-refractivity contribution in [2.75, 3.05) is 31.5 Å². The van der Waals surface area contributed by atoms with E-state index in [1.165, 1.54) is 0 Å². The number of nitrogens with one attached hydrogen (secondary N) is 2. The van der Waals surface area contributed by atoms with E-state index in [-0.39, 0.29) is 0 Å². The molecule has 2 amide bonds. The van der Waals surface area contributed by atoms with Gasteiger partial charge in [0.2, 0.25) is 0 Å². The van der Waals surface area contributed by atoms with Gasteiger partial charge < -0.3 is 15.5 Å². The fourth-order valence-corrected chi connectivity index (χ4v) is 2.54. The summed E-state index contributed by atoms with van der Waals surface area (Å²) >= 11 is 12.1. The van der Waals surface area contributed by atoms with E-state index in [0.29, 0.717) is 35.4 Å². The van der Waals surface area contributed by atoms with Crippen molar-refractivity contribution in [1.29, 1.82) is 0 Å². The van der Waals surface area contributed by atoms with Gasteiger partial charge in [-0.3, -0.25) is 9.59 Å². The molecule has 1 heterocycles. The summed E-state index contributed by atoms with van der Waals surface area (Å²) in [5.74, 6) is -1.25. The summed E-state index contributed by atoms with van der Waals surface area (Å²) < 4.78 is 0. The van der Waals surface area contributed by atoms with Crippen LogP contribution in [-0.2, 0) is 9.59 Å². The summed E-state index contributed by atoms with van der Waals surface area (Å²) in [4.78, 5) is 25.7. The third-order valence-corrected chi connectivity index (χ3v) is 4.04. The highest BCUT2D eigenvalue weighted by Gasteiger charge is 2.23. The first kappa shape index (κ1) is 16.1. The predicted octanol–water partition coefficient (Wildman–Crippen LogP) is 2.06. The number of rotatable bonds is 1. The number of hydrogen-bond acceptors (Lipinski definition) is 3. The Hall–Kier alpha value is -1.30. The lowest BCUT2D eigenvalue weighted by Crippen LogP contribution is -2.41. The van der Waals surface area contributed by atoms with Crippen LogP contribution in [0.25, 0.3) is 0 Å². The molecule has 0 aromatic heterocycles. The molecule has 0 spiro atoms. The number of nitrogens with zero attached hydrogens (tertiary/aromatic N) is 1. The highest BCUT2D eigenvalue weighted by Crippen LogP contribution is 2.28. The predicted molar refractivity (Wildman–Crippen MR) is 83.9 cm³/mol. The van der Waals surface area contributed by atoms with E-state index in [1.807, 2.05) is 6.92 Å². The van der Waals surface area contributed by atoms with E-state index in [0.717, 1.165) is 18.5 Å². The van der Waals surface area contributed by atoms with Crippen molar-refractivity contribution in [3.8, 4) is 0 Å². The smallest absolute Gasteiger partial charge is 0.313 e. The Kier molecular flexibility index (Phi) is 5.45. The molecule has 1 aliphatic heterocycles. The molecule has 2 rings (SSSR count). The maximum atomic E-state index is 12.1. The van der Waals surface area contributed by atoms with Crippen LogP contribution in [0, 0.1) is 6.92 Å². The molecule has 1 aromatic rings. The molecule has 0 bridgehead atoms. The van der Waals surface area contributed by atoms with Gasteiger partial charge in [0.25, 0.3) is 0 Å². The van der Waals surface area contributed by atoms with Crippen LogP contribution < -0.4 is 10.6 Å². The average Bonchev–Trinajstić information content (AvgIpc) is 2.72. The van der Waals surface area contributed by atoms with Crippen molar-refractivity contribution >= 4 is 40.7 Å². The molecule has 1 aromatic carbocycles. The summed E-state index contributed by atoms with van der Waals surface area (Å²) in [6, 6.07) is 3.20. The minimum Gasteiger partial charge on any atom is -0.333 e. The number of carbonyl (C=O) groups is 2. The van der Waals surface area contributed by atoms with Crippen LogP contribution in [0.15, 0.2) is 12.1 Å². The zero-order valence-corrected chi connectivity index (χ0v) is 13.2. The van der Waals surface area contributed by atoms with Gasteiger partial charge in [0, 0.05) is 24.7 Å². The highest BCUT2D eigenvalue weighted by molar-refractivity contribution is 6.42. The topological polar surface area (TPSA) is 61.4 Å². The van der Waals surface area contributed by atoms with Gasteiger partial charge in [0.15, 0.2) is 0 Å². The molecule has 0 radical (unpaired) electrons. The van der Waals surface area contributed by atoms with Gasteiger partial charge >= 0.3 is 11.8 Å². The van der Waals surface area contributed by atoms with E-state index in [4.69, 9.17) is 23.2 Å². The van der Waals surface area contributed by atoms with Crippen LogP contribution >= 0.6 is 23.2 Å². The molecule has 0 unspecified atom stereocenters. The second kappa shape index (κ2) is 7.11. The number of anilines is 1. The van der Waals surface area contributed by atoms with Gasteiger partial charge in [-0.2, -0.15) is 0 Å². The second-order valence-corrected chi connectivity index (χ2v) is 5.75. The van der Waals surface area contributed by atoms with Crippen molar-refractivity contribution in [2.24, 2.45) is 0 Å². The number of benzene rings is 1. The summed E-state index contributed by atoms with van der Waals surface area (Å²) in [5.41, 5.74) is 1.16. The highest BCUT2D eigenvalue weighted by atomic mass is 35.5. The van der Waals surface area contributed by atoms with Crippen molar-refractivity contribution in [3.05, 3.63) is 27.7 Å². The van der Waals surface area contributed by atoms with Crippen LogP contribution in [0.3, 0.4) is 0 Å². The van der Waals surface area contributed by atoms with Crippen molar-refractivity contribution in [3.63, 3.8) is 0 Å². The molecule has 5 nitrogen and oxygen atoms in total. The Morgan fingerprint density at radius 3 is 2.71 bits per heavy atom. The quantitative estimate of drug-likeness (QED) is 0.775. The molecule has 7 heteroatoms. The third-order valence-electron chi connectivity index (χ3n) is 3.32. The Morgan fingerprint density at radius 2 is 1.95 bits per heavy atom. The SMILES string of the molecule is Cc1cc(Cl)c(NC(=O)C(=O)N2CCCNCC2)cc1Cl. The van der Waals surface area contributed by atoms with Gasteiger partial charge in [0.1, 0.15) is 0 Å². The third kappa shape index (κ3) is 4.09. The van der Waals surface area contributed by atoms with E-state index in [1.54, 1.807) is 17.0 Å². The van der Waals surface area contributed by atoms with Crippen molar-refractivity contribution in [1.82, 2.24) is 10.2 Å². The van der Waals surface area contributed by atoms with Gasteiger partial charge in [-0.25, -0.2) is 0 Å². The summed E-state index contributed by atoms with van der Waals surface area (Å²) in [6.07, 6.45) is 0.830. The summed E-state index contributed by atoms with van der Waals surface area (Å²) in [6.45, 7) is 4.45. The van der Waals surface area contributed by atoms with Crippen LogP contribution in [0.4, 0.5) is 5.69 Å². The van der Waals surface area contributed by atoms with Crippen molar-refractivity contribution in [2.45, 2.75) is 13.3 Å². The molecule has 0 aliphatic carbocycles. The monoisotopic (exact) mass is 329 g/mol. The Bertz CT molecular complexity index is 555. The number of carbonyl (C=O) groups excluding carboxylic acids is 2. The zero-order chi connectivity index (χ0) is 15.4. The van der Waals surface area contributed by atoms with Gasteiger partial charge in [0.05, 0.1) is 10.7 Å². The first-order valence-electron chi connectivity index (χ1n) is 6.75. The van der Waals surface area contributed by atoms with Gasteiger partial charge in [-0.15, -0.1) is 0 Å². The maximum absolute atomic E-state index is 12.1. The number of aryl methyl sites for hydroxylation is 1. The fourth-order valence-electron chi connectivity index (χ4n) is 2.11. The van der Waals surface area contributed by atoms with Crippen molar-refractivity contribution < 1.29 is 9.59 Å². The molecule has 1 aliphatic rings. The number of amides is 2. The van der Waals surface area contributed by atoms with Crippen LogP contribution in [0.5, 0.6) is 0 Å². The normalized spacial score (nSPS) is 15.5. The zero-order valence-electron chi connectivity index (χ0n) is 11.7. The van der Waals surface area contributed by atoms with E-state index < -0.39 is 11.8 Å². The van der Waals surface area contributed by atoms with Crippen LogP contribution in [-0.4, -0.2) is 42.9 Å². The molecular weight excluding hydrogens is 313 g/mol. The Labute approximate surface area is 133 Å². The fraction of sp³-hybridized carbons (Fsp3) is 0.429. The minimum absolute atomic E-state index is 0.346. The molecule has 21 heavy (non-hydrogen) atoms. The van der Waals surface area contributed by atoms with E-state index in [9.17, 15) is 9.59 Å². The Balaban J connectivity index is 2.06. The van der Waals surface area contributed by atoms with E-state index in [2.05, 4.69) is 10.6 Å². The lowest BCUT2D eigenvalue weighted by molar-refractivity contribution is -0.143. The number of halogens is 2.